The average Bonchev–Trinajstić information content (AvgIpc) is 2.41. The predicted octanol–water partition coefficient (Wildman–Crippen LogP) is 3.21. The molecule has 0 spiro atoms. The summed E-state index contributed by atoms with van der Waals surface area (Å²) in [7, 11) is 0. The second-order valence-electron chi connectivity index (χ2n) is 4.23. The molecule has 3 nitrogen and oxygen atoms in total. The van der Waals surface area contributed by atoms with Crippen LogP contribution in [0.5, 0.6) is 0 Å². The number of hydrogen-bond donors (Lipinski definition) is 0. The maximum absolute atomic E-state index is 12.3. The van der Waals surface area contributed by atoms with Gasteiger partial charge in [-0.2, -0.15) is 5.26 Å². The van der Waals surface area contributed by atoms with E-state index in [1.54, 1.807) is 11.8 Å². The summed E-state index contributed by atoms with van der Waals surface area (Å²) in [5.74, 6) is 0.180. The summed E-state index contributed by atoms with van der Waals surface area (Å²) in [6.07, 6.45) is 2.07. The molecule has 1 aromatic rings. The number of unbranched alkanes of at least 4 members (excludes halogenated alkanes) is 1. The lowest BCUT2D eigenvalue weighted by Gasteiger charge is -2.33. The molecule has 1 aliphatic rings. The molecule has 0 saturated heterocycles. The number of carbonyl (C=O) groups is 1. The number of benzene rings is 1. The predicted molar refractivity (Wildman–Crippen MR) is 73.6 cm³/mol. The van der Waals surface area contributed by atoms with Gasteiger partial charge in [-0.1, -0.05) is 19.1 Å². The minimum Gasteiger partial charge on any atom is -0.310 e. The highest BCUT2D eigenvalue weighted by Gasteiger charge is 2.31. The molecular formula is C14H16N2OS. The Morgan fingerprint density at radius 1 is 1.44 bits per heavy atom. The molecule has 2 rings (SSSR count). The Morgan fingerprint density at radius 3 is 2.94 bits per heavy atom. The first-order chi connectivity index (χ1) is 8.77. The Kier molecular flexibility index (Phi) is 4.27. The number of anilines is 1. The summed E-state index contributed by atoms with van der Waals surface area (Å²) in [5.41, 5.74) is 0.995. The fraction of sp³-hybridized carbons (Fsp3) is 0.429. The molecule has 1 amide bonds. The Balaban J connectivity index is 2.24. The normalized spacial score (nSPS) is 18.3. The van der Waals surface area contributed by atoms with Gasteiger partial charge in [0.15, 0.2) is 0 Å². The summed E-state index contributed by atoms with van der Waals surface area (Å²) in [5, 5.41) is 8.61. The van der Waals surface area contributed by atoms with Crippen molar-refractivity contribution in [2.45, 2.75) is 36.3 Å². The highest BCUT2D eigenvalue weighted by molar-refractivity contribution is 8.01. The van der Waals surface area contributed by atoms with E-state index in [-0.39, 0.29) is 11.2 Å². The molecule has 0 N–H and O–H groups in total. The van der Waals surface area contributed by atoms with Crippen molar-refractivity contribution in [2.75, 3.05) is 11.4 Å². The van der Waals surface area contributed by atoms with Gasteiger partial charge in [-0.25, -0.2) is 0 Å². The van der Waals surface area contributed by atoms with E-state index >= 15 is 0 Å². The summed E-state index contributed by atoms with van der Waals surface area (Å²) >= 11 is 1.65. The zero-order valence-corrected chi connectivity index (χ0v) is 11.2. The van der Waals surface area contributed by atoms with Crippen LogP contribution >= 0.6 is 11.8 Å². The molecule has 0 fully saturated rings. The van der Waals surface area contributed by atoms with Crippen LogP contribution in [0.25, 0.3) is 0 Å². The van der Waals surface area contributed by atoms with Crippen molar-refractivity contribution < 1.29 is 4.79 Å². The van der Waals surface area contributed by atoms with Gasteiger partial charge in [0.25, 0.3) is 0 Å². The number of fused-ring (bicyclic) bond motifs is 1. The molecule has 0 saturated carbocycles. The molecule has 94 valence electrons. The van der Waals surface area contributed by atoms with Crippen molar-refractivity contribution in [2.24, 2.45) is 0 Å². The van der Waals surface area contributed by atoms with Crippen LogP contribution in [0.15, 0.2) is 29.2 Å². The van der Waals surface area contributed by atoms with Crippen LogP contribution in [0.4, 0.5) is 5.69 Å². The Labute approximate surface area is 112 Å². The molecule has 1 aliphatic heterocycles. The van der Waals surface area contributed by atoms with Crippen molar-refractivity contribution in [3.05, 3.63) is 24.3 Å². The third kappa shape index (κ3) is 2.51. The van der Waals surface area contributed by atoms with E-state index in [1.807, 2.05) is 30.0 Å². The molecule has 0 aromatic heterocycles. The Bertz CT molecular complexity index is 481. The maximum Gasteiger partial charge on any atom is 0.240 e. The van der Waals surface area contributed by atoms with Gasteiger partial charge in [-0.05, 0) is 25.0 Å². The van der Waals surface area contributed by atoms with Crippen molar-refractivity contribution in [1.29, 1.82) is 5.26 Å². The molecule has 1 atom stereocenters. The maximum atomic E-state index is 12.3. The van der Waals surface area contributed by atoms with Gasteiger partial charge in [0.05, 0.1) is 17.0 Å². The molecule has 4 heteroatoms. The van der Waals surface area contributed by atoms with Gasteiger partial charge in [0.2, 0.25) is 5.91 Å². The summed E-state index contributed by atoms with van der Waals surface area (Å²) in [4.78, 5) is 15.3. The topological polar surface area (TPSA) is 44.1 Å². The van der Waals surface area contributed by atoms with Crippen molar-refractivity contribution in [3.63, 3.8) is 0 Å². The van der Waals surface area contributed by atoms with Crippen LogP contribution < -0.4 is 4.90 Å². The average molecular weight is 260 g/mol. The third-order valence-corrected chi connectivity index (χ3v) is 4.43. The fourth-order valence-electron chi connectivity index (χ4n) is 2.08. The number of hydrogen-bond acceptors (Lipinski definition) is 3. The lowest BCUT2D eigenvalue weighted by Crippen LogP contribution is -2.41. The number of nitriles is 1. The molecule has 1 aromatic carbocycles. The first kappa shape index (κ1) is 13.0. The van der Waals surface area contributed by atoms with Gasteiger partial charge in [-0.15, -0.1) is 11.8 Å². The van der Waals surface area contributed by atoms with E-state index in [1.165, 1.54) is 4.90 Å². The first-order valence-electron chi connectivity index (χ1n) is 6.22. The van der Waals surface area contributed by atoms with Crippen LogP contribution in [-0.4, -0.2) is 17.7 Å². The van der Waals surface area contributed by atoms with Crippen molar-refractivity contribution in [3.8, 4) is 6.07 Å². The molecular weight excluding hydrogens is 244 g/mol. The van der Waals surface area contributed by atoms with Gasteiger partial charge in [0.1, 0.15) is 0 Å². The van der Waals surface area contributed by atoms with Crippen molar-refractivity contribution >= 4 is 23.4 Å². The standard InChI is InChI=1S/C14H16N2OS/c1-2-12-14(17)16(10-6-5-9-15)11-7-3-4-8-13(11)18-12/h3-4,7-8,12H,2,5-6,10H2,1H3. The molecule has 1 heterocycles. The smallest absolute Gasteiger partial charge is 0.240 e. The third-order valence-electron chi connectivity index (χ3n) is 3.01. The van der Waals surface area contributed by atoms with Crippen LogP contribution in [0.1, 0.15) is 26.2 Å². The second-order valence-corrected chi connectivity index (χ2v) is 5.48. The number of amides is 1. The highest BCUT2D eigenvalue weighted by atomic mass is 32.2. The van der Waals surface area contributed by atoms with Gasteiger partial charge in [0, 0.05) is 17.9 Å². The fourth-order valence-corrected chi connectivity index (χ4v) is 3.24. The van der Waals surface area contributed by atoms with Gasteiger partial charge >= 0.3 is 0 Å². The van der Waals surface area contributed by atoms with E-state index < -0.39 is 0 Å². The monoisotopic (exact) mass is 260 g/mol. The first-order valence-corrected chi connectivity index (χ1v) is 7.10. The van der Waals surface area contributed by atoms with E-state index in [9.17, 15) is 4.79 Å². The number of rotatable bonds is 4. The van der Waals surface area contributed by atoms with Crippen LogP contribution in [0, 0.1) is 11.3 Å². The Hall–Kier alpha value is -1.47. The lowest BCUT2D eigenvalue weighted by atomic mass is 10.2. The van der Waals surface area contributed by atoms with E-state index in [2.05, 4.69) is 12.1 Å². The number of carbonyl (C=O) groups excluding carboxylic acids is 1. The van der Waals surface area contributed by atoms with Gasteiger partial charge in [-0.3, -0.25) is 4.79 Å². The largest absolute Gasteiger partial charge is 0.310 e. The molecule has 0 aliphatic carbocycles. The van der Waals surface area contributed by atoms with E-state index in [0.29, 0.717) is 13.0 Å². The minimum absolute atomic E-state index is 0.0157. The van der Waals surface area contributed by atoms with E-state index in [0.717, 1.165) is 18.5 Å². The minimum atomic E-state index is 0.0157. The molecule has 18 heavy (non-hydrogen) atoms. The van der Waals surface area contributed by atoms with Crippen LogP contribution in [0.2, 0.25) is 0 Å². The summed E-state index contributed by atoms with van der Waals surface area (Å²) < 4.78 is 0. The summed E-state index contributed by atoms with van der Waals surface area (Å²) in [6, 6.07) is 10.1. The van der Waals surface area contributed by atoms with Crippen LogP contribution in [0.3, 0.4) is 0 Å². The number of para-hydroxylation sites is 1. The Morgan fingerprint density at radius 2 is 2.22 bits per heavy atom. The lowest BCUT2D eigenvalue weighted by molar-refractivity contribution is -0.118. The van der Waals surface area contributed by atoms with Crippen LogP contribution in [-0.2, 0) is 4.79 Å². The molecule has 0 bridgehead atoms. The van der Waals surface area contributed by atoms with Gasteiger partial charge < -0.3 is 4.90 Å². The summed E-state index contributed by atoms with van der Waals surface area (Å²) in [6.45, 7) is 2.68. The highest BCUT2D eigenvalue weighted by Crippen LogP contribution is 2.40. The quantitative estimate of drug-likeness (QED) is 0.781. The number of thioether (sulfide) groups is 1. The second kappa shape index (κ2) is 5.92. The zero-order chi connectivity index (χ0) is 13.0. The SMILES string of the molecule is CCC1Sc2ccccc2N(CCCC#N)C1=O. The number of nitrogens with zero attached hydrogens (tertiary/aromatic N) is 2. The molecule has 1 unspecified atom stereocenters. The zero-order valence-electron chi connectivity index (χ0n) is 10.4. The van der Waals surface area contributed by atoms with Crippen molar-refractivity contribution in [1.82, 2.24) is 0 Å². The molecule has 0 radical (unpaired) electrons. The van der Waals surface area contributed by atoms with E-state index in [4.69, 9.17) is 5.26 Å².